The van der Waals surface area contributed by atoms with Gasteiger partial charge in [-0.1, -0.05) is 30.3 Å². The minimum atomic E-state index is -0.0301. The van der Waals surface area contributed by atoms with E-state index in [2.05, 4.69) is 15.1 Å². The van der Waals surface area contributed by atoms with E-state index in [1.54, 1.807) is 12.3 Å². The second-order valence-electron chi connectivity index (χ2n) is 4.26. The molecule has 5 heteroatoms. The third kappa shape index (κ3) is 1.95. The van der Waals surface area contributed by atoms with Crippen LogP contribution in [-0.2, 0) is 0 Å². The van der Waals surface area contributed by atoms with Crippen molar-refractivity contribution in [3.05, 3.63) is 70.9 Å². The first kappa shape index (κ1) is 12.1. The molecule has 20 heavy (non-hydrogen) atoms. The maximum atomic E-state index is 10.7. The van der Waals surface area contributed by atoms with Crippen LogP contribution in [0.15, 0.2) is 60.0 Å². The van der Waals surface area contributed by atoms with E-state index in [1.807, 2.05) is 36.4 Å². The van der Waals surface area contributed by atoms with Gasteiger partial charge in [0.25, 0.3) is 0 Å². The summed E-state index contributed by atoms with van der Waals surface area (Å²) in [5.41, 5.74) is 2.44. The number of aromatic amines is 1. The zero-order valence-electron chi connectivity index (χ0n) is 10.4. The molecule has 2 heterocycles. The summed E-state index contributed by atoms with van der Waals surface area (Å²) < 4.78 is 0. The Balaban J connectivity index is 2.29. The Kier molecular flexibility index (Phi) is 3.01. The number of H-pyrrole nitrogens is 1. The van der Waals surface area contributed by atoms with Crippen LogP contribution in [0.2, 0.25) is 0 Å². The van der Waals surface area contributed by atoms with Gasteiger partial charge in [-0.3, -0.25) is 0 Å². The van der Waals surface area contributed by atoms with E-state index in [-0.39, 0.29) is 5.88 Å². The minimum Gasteiger partial charge on any atom is -0.494 e. The molecule has 0 aliphatic rings. The van der Waals surface area contributed by atoms with Crippen LogP contribution < -0.4 is 0 Å². The lowest BCUT2D eigenvalue weighted by Gasteiger charge is -2.05. The Hall–Kier alpha value is -2.95. The molecule has 0 spiro atoms. The smallest absolute Gasteiger partial charge is 0.198 e. The van der Waals surface area contributed by atoms with Gasteiger partial charge in [-0.15, -0.1) is 4.91 Å². The molecule has 3 rings (SSSR count). The van der Waals surface area contributed by atoms with Gasteiger partial charge >= 0.3 is 0 Å². The average molecular weight is 265 g/mol. The molecule has 98 valence electrons. The number of fused-ring (bicyclic) bond motifs is 1. The Morgan fingerprint density at radius 1 is 1.20 bits per heavy atom. The van der Waals surface area contributed by atoms with Crippen LogP contribution in [0.1, 0.15) is 11.1 Å². The highest BCUT2D eigenvalue weighted by molar-refractivity contribution is 5.98. The monoisotopic (exact) mass is 265 g/mol. The summed E-state index contributed by atoms with van der Waals surface area (Å²) in [7, 11) is 0. The largest absolute Gasteiger partial charge is 0.494 e. The van der Waals surface area contributed by atoms with E-state index >= 15 is 0 Å². The van der Waals surface area contributed by atoms with E-state index < -0.39 is 0 Å². The fourth-order valence-electron chi connectivity index (χ4n) is 2.24. The SMILES string of the molecule is O=N/C=C(/c1ccccc1)c1c(O)[nH]c2ncccc12. The lowest BCUT2D eigenvalue weighted by molar-refractivity contribution is 0.456. The molecular weight excluding hydrogens is 254 g/mol. The summed E-state index contributed by atoms with van der Waals surface area (Å²) in [4.78, 5) is 17.6. The lowest BCUT2D eigenvalue weighted by atomic mass is 9.98. The van der Waals surface area contributed by atoms with Crippen LogP contribution in [0.4, 0.5) is 0 Å². The molecule has 1 aromatic carbocycles. The third-order valence-electron chi connectivity index (χ3n) is 3.09. The molecule has 0 amide bonds. The molecule has 0 saturated heterocycles. The van der Waals surface area contributed by atoms with Gasteiger partial charge in [-0.05, 0) is 22.9 Å². The molecule has 0 aliphatic heterocycles. The van der Waals surface area contributed by atoms with E-state index in [4.69, 9.17) is 0 Å². The number of nitroso groups, excluding NO2 is 1. The van der Waals surface area contributed by atoms with Crippen LogP contribution in [0.5, 0.6) is 5.88 Å². The van der Waals surface area contributed by atoms with Crippen molar-refractivity contribution in [2.75, 3.05) is 0 Å². The molecule has 0 saturated carbocycles. The first-order valence-electron chi connectivity index (χ1n) is 6.05. The third-order valence-corrected chi connectivity index (χ3v) is 3.09. The second-order valence-corrected chi connectivity index (χ2v) is 4.26. The summed E-state index contributed by atoms with van der Waals surface area (Å²) >= 11 is 0. The molecule has 3 aromatic rings. The number of hydrogen-bond donors (Lipinski definition) is 2. The number of pyridine rings is 1. The number of rotatable bonds is 3. The topological polar surface area (TPSA) is 78.3 Å². The van der Waals surface area contributed by atoms with Crippen LogP contribution in [0.3, 0.4) is 0 Å². The first-order valence-corrected chi connectivity index (χ1v) is 6.05. The average Bonchev–Trinajstić information content (AvgIpc) is 2.82. The number of aromatic nitrogens is 2. The van der Waals surface area contributed by atoms with Gasteiger partial charge in [0.1, 0.15) is 5.65 Å². The molecule has 2 N–H and O–H groups in total. The quantitative estimate of drug-likeness (QED) is 0.712. The maximum Gasteiger partial charge on any atom is 0.198 e. The number of aromatic hydroxyl groups is 1. The van der Waals surface area contributed by atoms with E-state index in [0.717, 1.165) is 10.9 Å². The van der Waals surface area contributed by atoms with Crippen molar-refractivity contribution in [3.63, 3.8) is 0 Å². The lowest BCUT2D eigenvalue weighted by Crippen LogP contribution is -1.87. The van der Waals surface area contributed by atoms with Gasteiger partial charge in [0.15, 0.2) is 5.88 Å². The summed E-state index contributed by atoms with van der Waals surface area (Å²) in [5, 5.41) is 13.7. The maximum absolute atomic E-state index is 10.7. The molecule has 0 atom stereocenters. The second kappa shape index (κ2) is 4.97. The van der Waals surface area contributed by atoms with Gasteiger partial charge in [-0.25, -0.2) is 4.98 Å². The Bertz CT molecular complexity index is 791. The van der Waals surface area contributed by atoms with Crippen LogP contribution in [0, 0.1) is 4.91 Å². The van der Waals surface area contributed by atoms with Crippen molar-refractivity contribution in [2.24, 2.45) is 5.18 Å². The molecule has 0 bridgehead atoms. The summed E-state index contributed by atoms with van der Waals surface area (Å²) in [6.45, 7) is 0. The van der Waals surface area contributed by atoms with E-state index in [0.29, 0.717) is 16.8 Å². The van der Waals surface area contributed by atoms with Crippen molar-refractivity contribution in [1.82, 2.24) is 9.97 Å². The summed E-state index contributed by atoms with van der Waals surface area (Å²) in [5.74, 6) is -0.0301. The zero-order chi connectivity index (χ0) is 13.9. The van der Waals surface area contributed by atoms with Crippen LogP contribution in [-0.4, -0.2) is 15.1 Å². The highest BCUT2D eigenvalue weighted by Gasteiger charge is 2.17. The fourth-order valence-corrected chi connectivity index (χ4v) is 2.24. The number of nitrogens with zero attached hydrogens (tertiary/aromatic N) is 2. The number of nitrogens with one attached hydrogen (secondary N) is 1. The standard InChI is InChI=1S/C15H11N3O2/c19-15-13(11-7-4-8-16-14(11)18-15)12(9-17-20)10-5-2-1-3-6-10/h1-9,19H,(H,16,18)/b12-9-. The van der Waals surface area contributed by atoms with Crippen molar-refractivity contribution >= 4 is 16.6 Å². The van der Waals surface area contributed by atoms with E-state index in [1.165, 1.54) is 6.20 Å². The molecule has 0 aliphatic carbocycles. The van der Waals surface area contributed by atoms with Crippen LogP contribution >= 0.6 is 0 Å². The minimum absolute atomic E-state index is 0.0301. The van der Waals surface area contributed by atoms with Crippen molar-refractivity contribution in [2.45, 2.75) is 0 Å². The van der Waals surface area contributed by atoms with Gasteiger partial charge in [0, 0.05) is 17.2 Å². The van der Waals surface area contributed by atoms with Crippen molar-refractivity contribution in [3.8, 4) is 5.88 Å². The van der Waals surface area contributed by atoms with Crippen molar-refractivity contribution < 1.29 is 5.11 Å². The van der Waals surface area contributed by atoms with Gasteiger partial charge < -0.3 is 10.1 Å². The van der Waals surface area contributed by atoms with Gasteiger partial charge in [0.2, 0.25) is 0 Å². The fraction of sp³-hybridized carbons (Fsp3) is 0. The van der Waals surface area contributed by atoms with Gasteiger partial charge in [-0.2, -0.15) is 0 Å². The van der Waals surface area contributed by atoms with Crippen LogP contribution in [0.25, 0.3) is 16.6 Å². The molecule has 2 aromatic heterocycles. The highest BCUT2D eigenvalue weighted by Crippen LogP contribution is 2.35. The Morgan fingerprint density at radius 2 is 2.00 bits per heavy atom. The molecular formula is C15H11N3O2. The predicted octanol–water partition coefficient (Wildman–Crippen LogP) is 3.42. The molecule has 0 radical (unpaired) electrons. The Labute approximate surface area is 114 Å². The molecule has 5 nitrogen and oxygen atoms in total. The normalized spacial score (nSPS) is 11.7. The van der Waals surface area contributed by atoms with Crippen molar-refractivity contribution in [1.29, 1.82) is 0 Å². The summed E-state index contributed by atoms with van der Waals surface area (Å²) in [6, 6.07) is 12.9. The number of benzene rings is 1. The van der Waals surface area contributed by atoms with Gasteiger partial charge in [0.05, 0.1) is 11.8 Å². The van der Waals surface area contributed by atoms with E-state index in [9.17, 15) is 10.0 Å². The zero-order valence-corrected chi connectivity index (χ0v) is 10.4. The Morgan fingerprint density at radius 3 is 2.75 bits per heavy atom. The molecule has 0 fully saturated rings. The number of hydrogen-bond acceptors (Lipinski definition) is 4. The molecule has 0 unspecified atom stereocenters. The highest BCUT2D eigenvalue weighted by atomic mass is 16.3. The first-order chi connectivity index (χ1) is 9.81. The summed E-state index contributed by atoms with van der Waals surface area (Å²) in [6.07, 6.45) is 2.83. The predicted molar refractivity (Wildman–Crippen MR) is 77.1 cm³/mol.